The van der Waals surface area contributed by atoms with Gasteiger partial charge in [-0.1, -0.05) is 18.0 Å². The van der Waals surface area contributed by atoms with E-state index >= 15 is 0 Å². The maximum absolute atomic E-state index is 11.6. The SMILES string of the molecule is O=C(CC(=O)C1CCC1)c1csc(Cl)c1. The average Bonchev–Trinajstić information content (AvgIpc) is 2.48. The van der Waals surface area contributed by atoms with Gasteiger partial charge in [-0.05, 0) is 18.9 Å². The lowest BCUT2D eigenvalue weighted by molar-refractivity contribution is -0.124. The molecule has 0 N–H and O–H groups in total. The van der Waals surface area contributed by atoms with E-state index in [0.717, 1.165) is 19.3 Å². The average molecular weight is 243 g/mol. The molecular weight excluding hydrogens is 232 g/mol. The zero-order chi connectivity index (χ0) is 10.8. The van der Waals surface area contributed by atoms with Gasteiger partial charge in [-0.2, -0.15) is 0 Å². The fourth-order valence-corrected chi connectivity index (χ4v) is 2.48. The number of hydrogen-bond donors (Lipinski definition) is 0. The van der Waals surface area contributed by atoms with Crippen molar-refractivity contribution in [3.05, 3.63) is 21.3 Å². The van der Waals surface area contributed by atoms with Crippen molar-refractivity contribution in [1.29, 1.82) is 0 Å². The Morgan fingerprint density at radius 3 is 2.67 bits per heavy atom. The third kappa shape index (κ3) is 2.47. The number of carbonyl (C=O) groups excluding carboxylic acids is 2. The highest BCUT2D eigenvalue weighted by atomic mass is 35.5. The minimum absolute atomic E-state index is 0.0394. The second-order valence-corrected chi connectivity index (χ2v) is 5.38. The summed E-state index contributed by atoms with van der Waals surface area (Å²) >= 11 is 7.04. The van der Waals surface area contributed by atoms with Crippen molar-refractivity contribution >= 4 is 34.5 Å². The molecule has 2 nitrogen and oxygen atoms in total. The van der Waals surface area contributed by atoms with E-state index in [4.69, 9.17) is 11.6 Å². The quantitative estimate of drug-likeness (QED) is 0.600. The van der Waals surface area contributed by atoms with Gasteiger partial charge in [-0.15, -0.1) is 11.3 Å². The van der Waals surface area contributed by atoms with Crippen LogP contribution in [-0.4, -0.2) is 11.6 Å². The Hall–Kier alpha value is -0.670. The van der Waals surface area contributed by atoms with Crippen LogP contribution in [-0.2, 0) is 4.79 Å². The summed E-state index contributed by atoms with van der Waals surface area (Å²) in [7, 11) is 0. The summed E-state index contributed by atoms with van der Waals surface area (Å²) < 4.78 is 0.592. The molecule has 15 heavy (non-hydrogen) atoms. The van der Waals surface area contributed by atoms with Crippen LogP contribution < -0.4 is 0 Å². The molecule has 0 atom stereocenters. The summed E-state index contributed by atoms with van der Waals surface area (Å²) in [5.41, 5.74) is 0.567. The Balaban J connectivity index is 1.94. The maximum atomic E-state index is 11.6. The summed E-state index contributed by atoms with van der Waals surface area (Å²) in [4.78, 5) is 23.2. The molecule has 1 saturated carbocycles. The maximum Gasteiger partial charge on any atom is 0.171 e. The van der Waals surface area contributed by atoms with Gasteiger partial charge in [-0.25, -0.2) is 0 Å². The molecule has 0 aliphatic heterocycles. The van der Waals surface area contributed by atoms with E-state index in [0.29, 0.717) is 9.90 Å². The first-order valence-electron chi connectivity index (χ1n) is 4.97. The zero-order valence-corrected chi connectivity index (χ0v) is 9.74. The molecule has 1 heterocycles. The molecular formula is C11H11ClO2S. The van der Waals surface area contributed by atoms with E-state index in [1.807, 2.05) is 0 Å². The Morgan fingerprint density at radius 1 is 1.47 bits per heavy atom. The van der Waals surface area contributed by atoms with Crippen LogP contribution in [0.25, 0.3) is 0 Å². The largest absolute Gasteiger partial charge is 0.299 e. The van der Waals surface area contributed by atoms with Crippen LogP contribution in [0.3, 0.4) is 0 Å². The van der Waals surface area contributed by atoms with Gasteiger partial charge in [-0.3, -0.25) is 9.59 Å². The Kier molecular flexibility index (Phi) is 3.22. The number of thiophene rings is 1. The van der Waals surface area contributed by atoms with Gasteiger partial charge in [0.05, 0.1) is 10.8 Å². The molecule has 0 amide bonds. The predicted octanol–water partition coefficient (Wildman–Crippen LogP) is 3.34. The van der Waals surface area contributed by atoms with Gasteiger partial charge in [0.25, 0.3) is 0 Å². The van der Waals surface area contributed by atoms with E-state index in [1.54, 1.807) is 11.4 Å². The van der Waals surface area contributed by atoms with E-state index in [-0.39, 0.29) is 23.9 Å². The number of hydrogen-bond acceptors (Lipinski definition) is 3. The minimum Gasteiger partial charge on any atom is -0.299 e. The number of halogens is 1. The van der Waals surface area contributed by atoms with Gasteiger partial charge in [0.15, 0.2) is 5.78 Å². The molecule has 4 heteroatoms. The molecule has 1 aromatic rings. The van der Waals surface area contributed by atoms with Crippen LogP contribution in [0.15, 0.2) is 11.4 Å². The van der Waals surface area contributed by atoms with Crippen LogP contribution in [0, 0.1) is 5.92 Å². The molecule has 80 valence electrons. The molecule has 1 aliphatic rings. The number of rotatable bonds is 4. The van der Waals surface area contributed by atoms with Crippen LogP contribution in [0.4, 0.5) is 0 Å². The van der Waals surface area contributed by atoms with E-state index < -0.39 is 0 Å². The molecule has 0 spiro atoms. The molecule has 0 bridgehead atoms. The van der Waals surface area contributed by atoms with Gasteiger partial charge in [0, 0.05) is 16.9 Å². The topological polar surface area (TPSA) is 34.1 Å². The van der Waals surface area contributed by atoms with E-state index in [9.17, 15) is 9.59 Å². The molecule has 1 aromatic heterocycles. The highest BCUT2D eigenvalue weighted by molar-refractivity contribution is 7.14. The first-order chi connectivity index (χ1) is 7.16. The summed E-state index contributed by atoms with van der Waals surface area (Å²) in [6, 6.07) is 1.63. The summed E-state index contributed by atoms with van der Waals surface area (Å²) in [5.74, 6) is 0.131. The number of ketones is 2. The van der Waals surface area contributed by atoms with E-state index in [1.165, 1.54) is 11.3 Å². The zero-order valence-electron chi connectivity index (χ0n) is 8.16. The van der Waals surface area contributed by atoms with Crippen LogP contribution in [0.1, 0.15) is 36.0 Å². The molecule has 0 radical (unpaired) electrons. The van der Waals surface area contributed by atoms with Crippen molar-refractivity contribution in [2.24, 2.45) is 5.92 Å². The van der Waals surface area contributed by atoms with Crippen LogP contribution in [0.2, 0.25) is 4.34 Å². The highest BCUT2D eigenvalue weighted by Gasteiger charge is 2.26. The van der Waals surface area contributed by atoms with Gasteiger partial charge in [0.2, 0.25) is 0 Å². The molecule has 0 unspecified atom stereocenters. The molecule has 2 rings (SSSR count). The summed E-state index contributed by atoms with van der Waals surface area (Å²) in [5, 5.41) is 1.71. The molecule has 1 fully saturated rings. The van der Waals surface area contributed by atoms with Crippen molar-refractivity contribution in [2.45, 2.75) is 25.7 Å². The van der Waals surface area contributed by atoms with Crippen molar-refractivity contribution in [1.82, 2.24) is 0 Å². The van der Waals surface area contributed by atoms with E-state index in [2.05, 4.69) is 0 Å². The fourth-order valence-electron chi connectivity index (χ4n) is 1.59. The van der Waals surface area contributed by atoms with Gasteiger partial charge in [0.1, 0.15) is 5.78 Å². The highest BCUT2D eigenvalue weighted by Crippen LogP contribution is 2.29. The number of Topliss-reactive ketones (excluding diaryl/α,β-unsaturated/α-hetero) is 2. The predicted molar refractivity (Wildman–Crippen MR) is 60.6 cm³/mol. The second kappa shape index (κ2) is 4.45. The lowest BCUT2D eigenvalue weighted by atomic mass is 9.80. The lowest BCUT2D eigenvalue weighted by Crippen LogP contribution is -2.24. The normalized spacial score (nSPS) is 16.1. The number of carbonyl (C=O) groups is 2. The molecule has 1 aliphatic carbocycles. The monoisotopic (exact) mass is 242 g/mol. The third-order valence-electron chi connectivity index (χ3n) is 2.78. The molecule has 0 aromatic carbocycles. The lowest BCUT2D eigenvalue weighted by Gasteiger charge is -2.23. The summed E-state index contributed by atoms with van der Waals surface area (Å²) in [6.45, 7) is 0. The standard InChI is InChI=1S/C11H11ClO2S/c12-11-4-8(6-15-11)10(14)5-9(13)7-2-1-3-7/h4,6-7H,1-3,5H2. The Morgan fingerprint density at radius 2 is 2.20 bits per heavy atom. The van der Waals surface area contributed by atoms with Crippen LogP contribution >= 0.6 is 22.9 Å². The fraction of sp³-hybridized carbons (Fsp3) is 0.455. The Bertz CT molecular complexity index is 393. The smallest absolute Gasteiger partial charge is 0.171 e. The first-order valence-corrected chi connectivity index (χ1v) is 6.22. The molecule has 0 saturated heterocycles. The summed E-state index contributed by atoms with van der Waals surface area (Å²) in [6.07, 6.45) is 3.07. The third-order valence-corrected chi connectivity index (χ3v) is 3.88. The van der Waals surface area contributed by atoms with Crippen LogP contribution in [0.5, 0.6) is 0 Å². The Labute approximate surface area is 97.2 Å². The van der Waals surface area contributed by atoms with Gasteiger partial charge < -0.3 is 0 Å². The second-order valence-electron chi connectivity index (χ2n) is 3.83. The minimum atomic E-state index is -0.102. The van der Waals surface area contributed by atoms with Crippen molar-refractivity contribution in [2.75, 3.05) is 0 Å². The van der Waals surface area contributed by atoms with Crippen molar-refractivity contribution in [3.63, 3.8) is 0 Å². The van der Waals surface area contributed by atoms with Crippen molar-refractivity contribution in [3.8, 4) is 0 Å². The van der Waals surface area contributed by atoms with Gasteiger partial charge >= 0.3 is 0 Å². The van der Waals surface area contributed by atoms with Crippen molar-refractivity contribution < 1.29 is 9.59 Å². The first kappa shape index (κ1) is 10.8.